The highest BCUT2D eigenvalue weighted by Gasteiger charge is 2.31. The molecule has 0 aromatic heterocycles. The van der Waals surface area contributed by atoms with Crippen molar-refractivity contribution in [3.8, 4) is 0 Å². The highest BCUT2D eigenvalue weighted by molar-refractivity contribution is 6.02. The lowest BCUT2D eigenvalue weighted by atomic mass is 9.95. The summed E-state index contributed by atoms with van der Waals surface area (Å²) in [6.45, 7) is 0.905. The molecule has 1 fully saturated rings. The lowest BCUT2D eigenvalue weighted by molar-refractivity contribution is -0.136. The number of oxime groups is 1. The third kappa shape index (κ3) is 3.95. The summed E-state index contributed by atoms with van der Waals surface area (Å²) in [4.78, 5) is 14.2. The molecule has 1 aliphatic heterocycles. The Morgan fingerprint density at radius 3 is 2.76 bits per heavy atom. The van der Waals surface area contributed by atoms with Crippen LogP contribution in [0.3, 0.4) is 0 Å². The molecule has 4 N–H and O–H groups in total. The van der Waals surface area contributed by atoms with Crippen LogP contribution in [0.4, 0.5) is 0 Å². The number of aliphatic hydroxyl groups is 1. The molecule has 6 nitrogen and oxygen atoms in total. The zero-order valence-electron chi connectivity index (χ0n) is 11.9. The van der Waals surface area contributed by atoms with Gasteiger partial charge in [0, 0.05) is 13.1 Å². The van der Waals surface area contributed by atoms with E-state index in [1.54, 1.807) is 4.90 Å². The summed E-state index contributed by atoms with van der Waals surface area (Å²) >= 11 is 0. The first-order chi connectivity index (χ1) is 10.1. The molecule has 2 unspecified atom stereocenters. The molecular weight excluding hydrogens is 270 g/mol. The molecule has 0 radical (unpaired) electrons. The van der Waals surface area contributed by atoms with Crippen molar-refractivity contribution in [2.24, 2.45) is 16.8 Å². The van der Waals surface area contributed by atoms with Crippen LogP contribution < -0.4 is 5.73 Å². The molecule has 114 valence electrons. The van der Waals surface area contributed by atoms with Crippen molar-refractivity contribution in [3.05, 3.63) is 35.9 Å². The van der Waals surface area contributed by atoms with Gasteiger partial charge in [0.25, 0.3) is 0 Å². The van der Waals surface area contributed by atoms with Crippen LogP contribution in [0, 0.1) is 5.92 Å². The summed E-state index contributed by atoms with van der Waals surface area (Å²) < 4.78 is 0. The van der Waals surface area contributed by atoms with Gasteiger partial charge in [-0.15, -0.1) is 0 Å². The van der Waals surface area contributed by atoms with E-state index >= 15 is 0 Å². The number of likely N-dealkylation sites (tertiary alicyclic amines) is 1. The van der Waals surface area contributed by atoms with Crippen molar-refractivity contribution in [2.45, 2.75) is 25.4 Å². The summed E-state index contributed by atoms with van der Waals surface area (Å²) in [6, 6.07) is 9.46. The molecule has 21 heavy (non-hydrogen) atoms. The maximum absolute atomic E-state index is 12.6. The molecule has 2 rings (SSSR count). The maximum atomic E-state index is 12.6. The number of hydrogen-bond donors (Lipinski definition) is 3. The number of rotatable bonds is 4. The van der Waals surface area contributed by atoms with Crippen molar-refractivity contribution in [1.82, 2.24) is 4.90 Å². The van der Waals surface area contributed by atoms with E-state index < -0.39 is 12.0 Å². The minimum Gasteiger partial charge on any atom is -0.409 e. The third-order valence-electron chi connectivity index (χ3n) is 3.76. The second-order valence-corrected chi connectivity index (χ2v) is 5.35. The molecule has 1 aromatic rings. The fourth-order valence-electron chi connectivity index (χ4n) is 2.61. The lowest BCUT2D eigenvalue weighted by Crippen LogP contribution is -2.48. The summed E-state index contributed by atoms with van der Waals surface area (Å²) in [5.74, 6) is -1.00. The Labute approximate surface area is 123 Å². The quantitative estimate of drug-likeness (QED) is 0.327. The Morgan fingerprint density at radius 2 is 2.14 bits per heavy atom. The van der Waals surface area contributed by atoms with Gasteiger partial charge in [0.05, 0.1) is 6.10 Å². The van der Waals surface area contributed by atoms with Gasteiger partial charge < -0.3 is 20.9 Å². The maximum Gasteiger partial charge on any atom is 0.233 e. The Bertz CT molecular complexity index is 504. The zero-order valence-corrected chi connectivity index (χ0v) is 11.9. The monoisotopic (exact) mass is 291 g/mol. The standard InChI is InChI=1S/C15H21N3O3/c16-14(17-21)13(9-11-5-2-1-3-6-11)15(20)18-8-4-7-12(19)10-18/h1-3,5-6,12-13,19,21H,4,7-10H2,(H2,16,17). The summed E-state index contributed by atoms with van der Waals surface area (Å²) in [6.07, 6.45) is 1.35. The van der Waals surface area contributed by atoms with Crippen molar-refractivity contribution in [3.63, 3.8) is 0 Å². The number of piperidine rings is 1. The minimum absolute atomic E-state index is 0.0936. The molecule has 1 aromatic carbocycles. The van der Waals surface area contributed by atoms with Crippen LogP contribution in [0.15, 0.2) is 35.5 Å². The summed E-state index contributed by atoms with van der Waals surface area (Å²) in [7, 11) is 0. The number of hydrogen-bond acceptors (Lipinski definition) is 4. The van der Waals surface area contributed by atoms with Crippen molar-refractivity contribution in [1.29, 1.82) is 0 Å². The highest BCUT2D eigenvalue weighted by Crippen LogP contribution is 2.17. The van der Waals surface area contributed by atoms with Crippen molar-refractivity contribution >= 4 is 11.7 Å². The van der Waals surface area contributed by atoms with E-state index in [-0.39, 0.29) is 11.7 Å². The second kappa shape index (κ2) is 7.08. The number of benzene rings is 1. The van der Waals surface area contributed by atoms with E-state index in [1.807, 2.05) is 30.3 Å². The number of carbonyl (C=O) groups excluding carboxylic acids is 1. The Morgan fingerprint density at radius 1 is 1.43 bits per heavy atom. The number of amides is 1. The van der Waals surface area contributed by atoms with E-state index in [2.05, 4.69) is 5.16 Å². The van der Waals surface area contributed by atoms with E-state index in [0.717, 1.165) is 12.0 Å². The van der Waals surface area contributed by atoms with Crippen LogP contribution in [-0.2, 0) is 11.2 Å². The molecule has 1 heterocycles. The highest BCUT2D eigenvalue weighted by atomic mass is 16.4. The Kier molecular flexibility index (Phi) is 5.16. The molecule has 0 saturated carbocycles. The lowest BCUT2D eigenvalue weighted by Gasteiger charge is -2.32. The van der Waals surface area contributed by atoms with E-state index in [0.29, 0.717) is 25.9 Å². The smallest absolute Gasteiger partial charge is 0.233 e. The topological polar surface area (TPSA) is 99.2 Å². The van der Waals surface area contributed by atoms with Crippen molar-refractivity contribution < 1.29 is 15.1 Å². The molecule has 0 bridgehead atoms. The zero-order chi connectivity index (χ0) is 15.2. The van der Waals surface area contributed by atoms with Gasteiger partial charge in [0.1, 0.15) is 5.92 Å². The van der Waals surface area contributed by atoms with Crippen LogP contribution in [0.25, 0.3) is 0 Å². The van der Waals surface area contributed by atoms with Gasteiger partial charge in [0.15, 0.2) is 5.84 Å². The number of amidine groups is 1. The van der Waals surface area contributed by atoms with Gasteiger partial charge in [-0.2, -0.15) is 0 Å². The second-order valence-electron chi connectivity index (χ2n) is 5.35. The summed E-state index contributed by atoms with van der Waals surface area (Å²) in [5, 5.41) is 21.6. The number of nitrogens with zero attached hydrogens (tertiary/aromatic N) is 2. The van der Waals surface area contributed by atoms with Gasteiger partial charge >= 0.3 is 0 Å². The van der Waals surface area contributed by atoms with E-state index in [1.165, 1.54) is 0 Å². The van der Waals surface area contributed by atoms with Gasteiger partial charge in [-0.3, -0.25) is 4.79 Å². The van der Waals surface area contributed by atoms with E-state index in [4.69, 9.17) is 10.9 Å². The van der Waals surface area contributed by atoms with Gasteiger partial charge in [-0.25, -0.2) is 0 Å². The number of β-amino-alcohol motifs (C(OH)–C–C–N with tert-alkyl or cyclic N) is 1. The van der Waals surface area contributed by atoms with Crippen molar-refractivity contribution in [2.75, 3.05) is 13.1 Å². The van der Waals surface area contributed by atoms with Gasteiger partial charge in [-0.05, 0) is 24.8 Å². The first-order valence-electron chi connectivity index (χ1n) is 7.10. The fourth-order valence-corrected chi connectivity index (χ4v) is 2.61. The minimum atomic E-state index is -0.706. The average molecular weight is 291 g/mol. The first-order valence-corrected chi connectivity index (χ1v) is 7.10. The van der Waals surface area contributed by atoms with Crippen LogP contribution in [0.2, 0.25) is 0 Å². The molecule has 1 saturated heterocycles. The third-order valence-corrected chi connectivity index (χ3v) is 3.76. The normalized spacial score (nSPS) is 21.1. The number of aliphatic hydroxyl groups excluding tert-OH is 1. The fraction of sp³-hybridized carbons (Fsp3) is 0.467. The number of carbonyl (C=O) groups is 1. The summed E-state index contributed by atoms with van der Waals surface area (Å²) in [5.41, 5.74) is 6.64. The largest absolute Gasteiger partial charge is 0.409 e. The molecule has 0 aliphatic carbocycles. The molecule has 1 amide bonds. The Hall–Kier alpha value is -2.08. The van der Waals surface area contributed by atoms with Crippen LogP contribution in [0.5, 0.6) is 0 Å². The van der Waals surface area contributed by atoms with Crippen LogP contribution in [-0.4, -0.2) is 46.1 Å². The molecule has 2 atom stereocenters. The molecular formula is C15H21N3O3. The van der Waals surface area contributed by atoms with Crippen LogP contribution in [0.1, 0.15) is 18.4 Å². The predicted molar refractivity (Wildman–Crippen MR) is 78.9 cm³/mol. The SMILES string of the molecule is NC(=NO)C(Cc1ccccc1)C(=O)N1CCCC(O)C1. The average Bonchev–Trinajstić information content (AvgIpc) is 2.52. The van der Waals surface area contributed by atoms with Gasteiger partial charge in [0.2, 0.25) is 5.91 Å². The Balaban J connectivity index is 2.14. The molecule has 6 heteroatoms. The van der Waals surface area contributed by atoms with Crippen LogP contribution >= 0.6 is 0 Å². The van der Waals surface area contributed by atoms with E-state index in [9.17, 15) is 9.90 Å². The van der Waals surface area contributed by atoms with Gasteiger partial charge in [-0.1, -0.05) is 35.5 Å². The number of nitrogens with two attached hydrogens (primary N) is 1. The molecule has 0 spiro atoms. The predicted octanol–water partition coefficient (Wildman–Crippen LogP) is 0.575. The first kappa shape index (κ1) is 15.3. The molecule has 1 aliphatic rings.